The molecule has 1 N–H and O–H groups in total. The predicted molar refractivity (Wildman–Crippen MR) is 100 cm³/mol. The molecule has 0 bridgehead atoms. The molecule has 0 radical (unpaired) electrons. The van der Waals surface area contributed by atoms with Gasteiger partial charge in [0.25, 0.3) is 0 Å². The highest BCUT2D eigenvalue weighted by Crippen LogP contribution is 2.16. The number of hydrogen-bond donors (Lipinski definition) is 1. The summed E-state index contributed by atoms with van der Waals surface area (Å²) in [5.41, 5.74) is 1.76. The van der Waals surface area contributed by atoms with Crippen LogP contribution < -0.4 is 10.1 Å². The van der Waals surface area contributed by atoms with Crippen LogP contribution in [0.5, 0.6) is 5.75 Å². The number of nitrogens with one attached hydrogen (secondary N) is 1. The molecule has 24 heavy (non-hydrogen) atoms. The summed E-state index contributed by atoms with van der Waals surface area (Å²) in [4.78, 5) is 0. The molecule has 2 aromatic rings. The van der Waals surface area contributed by atoms with Gasteiger partial charge in [-0.1, -0.05) is 56.5 Å². The van der Waals surface area contributed by atoms with E-state index in [2.05, 4.69) is 18.3 Å². The summed E-state index contributed by atoms with van der Waals surface area (Å²) in [7, 11) is 0. The van der Waals surface area contributed by atoms with E-state index >= 15 is 0 Å². The molecule has 4 heteroatoms. The molecular formula is C20H27ClFNO. The highest BCUT2D eigenvalue weighted by molar-refractivity contribution is 5.85. The Morgan fingerprint density at radius 2 is 1.83 bits per heavy atom. The lowest BCUT2D eigenvalue weighted by Crippen LogP contribution is -2.14. The van der Waals surface area contributed by atoms with Crippen LogP contribution in [0.25, 0.3) is 0 Å². The Morgan fingerprint density at radius 3 is 2.62 bits per heavy atom. The molecule has 0 saturated heterocycles. The normalized spacial score (nSPS) is 10.2. The van der Waals surface area contributed by atoms with E-state index in [4.69, 9.17) is 4.74 Å². The lowest BCUT2D eigenvalue weighted by Gasteiger charge is -2.09. The molecule has 0 heterocycles. The SMILES string of the molecule is CCCCCCNCc1cccc(OCc2ccccc2F)c1.Cl. The van der Waals surface area contributed by atoms with E-state index in [-0.39, 0.29) is 24.8 Å². The Labute approximate surface area is 150 Å². The summed E-state index contributed by atoms with van der Waals surface area (Å²) in [6.45, 7) is 4.35. The van der Waals surface area contributed by atoms with Gasteiger partial charge in [0.05, 0.1) is 0 Å². The van der Waals surface area contributed by atoms with Gasteiger partial charge >= 0.3 is 0 Å². The van der Waals surface area contributed by atoms with E-state index in [9.17, 15) is 4.39 Å². The van der Waals surface area contributed by atoms with E-state index < -0.39 is 0 Å². The Hall–Kier alpha value is -1.58. The molecule has 0 aliphatic carbocycles. The second-order valence-corrected chi connectivity index (χ2v) is 5.76. The molecule has 0 amide bonds. The molecule has 132 valence electrons. The van der Waals surface area contributed by atoms with Gasteiger partial charge in [-0.15, -0.1) is 12.4 Å². The third-order valence-corrected chi connectivity index (χ3v) is 3.79. The van der Waals surface area contributed by atoms with Crippen molar-refractivity contribution in [3.8, 4) is 5.75 Å². The van der Waals surface area contributed by atoms with Gasteiger partial charge in [-0.05, 0) is 36.7 Å². The molecule has 0 saturated carbocycles. The average Bonchev–Trinajstić information content (AvgIpc) is 2.58. The first-order valence-electron chi connectivity index (χ1n) is 8.45. The monoisotopic (exact) mass is 351 g/mol. The van der Waals surface area contributed by atoms with Gasteiger partial charge in [-0.25, -0.2) is 4.39 Å². The topological polar surface area (TPSA) is 21.3 Å². The number of halogens is 2. The van der Waals surface area contributed by atoms with Crippen LogP contribution in [0.4, 0.5) is 4.39 Å². The molecule has 2 nitrogen and oxygen atoms in total. The van der Waals surface area contributed by atoms with Crippen LogP contribution in [0.1, 0.15) is 43.7 Å². The summed E-state index contributed by atoms with van der Waals surface area (Å²) in [6.07, 6.45) is 5.08. The molecule has 0 aliphatic rings. The van der Waals surface area contributed by atoms with Gasteiger partial charge in [0.15, 0.2) is 0 Å². The van der Waals surface area contributed by atoms with Crippen molar-refractivity contribution in [2.45, 2.75) is 45.8 Å². The van der Waals surface area contributed by atoms with Gasteiger partial charge in [-0.2, -0.15) is 0 Å². The summed E-state index contributed by atoms with van der Waals surface area (Å²) in [6, 6.07) is 14.7. The summed E-state index contributed by atoms with van der Waals surface area (Å²) >= 11 is 0. The maximum Gasteiger partial charge on any atom is 0.129 e. The summed E-state index contributed by atoms with van der Waals surface area (Å²) < 4.78 is 19.3. The number of hydrogen-bond acceptors (Lipinski definition) is 2. The quantitative estimate of drug-likeness (QED) is 0.571. The zero-order valence-corrected chi connectivity index (χ0v) is 15.1. The van der Waals surface area contributed by atoms with Crippen LogP contribution in [0, 0.1) is 5.82 Å². The van der Waals surface area contributed by atoms with Crippen molar-refractivity contribution < 1.29 is 9.13 Å². The van der Waals surface area contributed by atoms with Crippen LogP contribution in [0.3, 0.4) is 0 Å². The van der Waals surface area contributed by atoms with Gasteiger partial charge < -0.3 is 10.1 Å². The van der Waals surface area contributed by atoms with Crippen LogP contribution in [-0.2, 0) is 13.2 Å². The van der Waals surface area contributed by atoms with E-state index in [0.717, 1.165) is 18.8 Å². The second-order valence-electron chi connectivity index (χ2n) is 5.76. The van der Waals surface area contributed by atoms with Crippen molar-refractivity contribution in [1.29, 1.82) is 0 Å². The summed E-state index contributed by atoms with van der Waals surface area (Å²) in [5.74, 6) is 0.552. The summed E-state index contributed by atoms with van der Waals surface area (Å²) in [5, 5.41) is 3.46. The van der Waals surface area contributed by atoms with Crippen LogP contribution >= 0.6 is 12.4 Å². The van der Waals surface area contributed by atoms with Crippen molar-refractivity contribution >= 4 is 12.4 Å². The number of rotatable bonds is 10. The first-order chi connectivity index (χ1) is 11.3. The van der Waals surface area contributed by atoms with E-state index in [1.165, 1.54) is 37.3 Å². The number of ether oxygens (including phenoxy) is 1. The fourth-order valence-corrected chi connectivity index (χ4v) is 2.43. The fraction of sp³-hybridized carbons (Fsp3) is 0.400. The minimum atomic E-state index is -0.225. The van der Waals surface area contributed by atoms with Gasteiger partial charge in [0.2, 0.25) is 0 Å². The Bertz CT molecular complexity index is 591. The molecule has 0 spiro atoms. The van der Waals surface area contributed by atoms with Crippen molar-refractivity contribution in [3.05, 3.63) is 65.5 Å². The molecule has 2 rings (SSSR count). The minimum Gasteiger partial charge on any atom is -0.489 e. The highest BCUT2D eigenvalue weighted by atomic mass is 35.5. The van der Waals surface area contributed by atoms with Crippen molar-refractivity contribution in [1.82, 2.24) is 5.32 Å². The molecular weight excluding hydrogens is 325 g/mol. The third kappa shape index (κ3) is 7.33. The molecule has 0 aromatic heterocycles. The molecule has 0 unspecified atom stereocenters. The maximum atomic E-state index is 13.6. The van der Waals surface area contributed by atoms with Crippen LogP contribution in [0.2, 0.25) is 0 Å². The predicted octanol–water partition coefficient (Wildman–Crippen LogP) is 5.50. The van der Waals surface area contributed by atoms with Crippen LogP contribution in [-0.4, -0.2) is 6.54 Å². The smallest absolute Gasteiger partial charge is 0.129 e. The Morgan fingerprint density at radius 1 is 1.00 bits per heavy atom. The largest absolute Gasteiger partial charge is 0.489 e. The van der Waals surface area contributed by atoms with Crippen molar-refractivity contribution in [3.63, 3.8) is 0 Å². The van der Waals surface area contributed by atoms with Crippen molar-refractivity contribution in [2.75, 3.05) is 6.54 Å². The Balaban J connectivity index is 0.00000288. The zero-order chi connectivity index (χ0) is 16.3. The second kappa shape index (κ2) is 11.9. The average molecular weight is 352 g/mol. The van der Waals surface area contributed by atoms with Crippen LogP contribution in [0.15, 0.2) is 48.5 Å². The molecule has 2 aromatic carbocycles. The van der Waals surface area contributed by atoms with Crippen molar-refractivity contribution in [2.24, 2.45) is 0 Å². The van der Waals surface area contributed by atoms with Gasteiger partial charge in [-0.3, -0.25) is 0 Å². The molecule has 0 fully saturated rings. The zero-order valence-electron chi connectivity index (χ0n) is 14.3. The fourth-order valence-electron chi connectivity index (χ4n) is 2.43. The minimum absolute atomic E-state index is 0. The third-order valence-electron chi connectivity index (χ3n) is 3.79. The van der Waals surface area contributed by atoms with E-state index in [0.29, 0.717) is 5.56 Å². The number of unbranched alkanes of at least 4 members (excludes halogenated alkanes) is 3. The molecule has 0 aliphatic heterocycles. The van der Waals surface area contributed by atoms with Gasteiger partial charge in [0, 0.05) is 12.1 Å². The first kappa shape index (κ1) is 20.5. The van der Waals surface area contributed by atoms with Gasteiger partial charge in [0.1, 0.15) is 18.2 Å². The maximum absolute atomic E-state index is 13.6. The Kier molecular flexibility index (Phi) is 10.1. The lowest BCUT2D eigenvalue weighted by molar-refractivity contribution is 0.299. The highest BCUT2D eigenvalue weighted by Gasteiger charge is 2.02. The molecule has 0 atom stereocenters. The first-order valence-corrected chi connectivity index (χ1v) is 8.45. The van der Waals surface area contributed by atoms with E-state index in [1.807, 2.05) is 24.3 Å². The number of benzene rings is 2. The standard InChI is InChI=1S/C20H26FNO.ClH/c1-2-3-4-7-13-22-15-17-9-8-11-19(14-17)23-16-18-10-5-6-12-20(18)21;/h5-6,8-12,14,22H,2-4,7,13,15-16H2,1H3;1H. The lowest BCUT2D eigenvalue weighted by atomic mass is 10.2. The van der Waals surface area contributed by atoms with E-state index in [1.54, 1.807) is 12.1 Å².